The van der Waals surface area contributed by atoms with E-state index in [4.69, 9.17) is 12.2 Å². The minimum Gasteiger partial charge on any atom is -0.395 e. The zero-order valence-electron chi connectivity index (χ0n) is 17.3. The predicted octanol–water partition coefficient (Wildman–Crippen LogP) is 4.12. The Kier molecular flexibility index (Phi) is 6.75. The lowest BCUT2D eigenvalue weighted by molar-refractivity contribution is 0.295. The molecule has 30 heavy (non-hydrogen) atoms. The average Bonchev–Trinajstić information content (AvgIpc) is 3.25. The fourth-order valence-corrected chi connectivity index (χ4v) is 4.84. The maximum atomic E-state index is 13.2. The van der Waals surface area contributed by atoms with Gasteiger partial charge in [0.15, 0.2) is 0 Å². The van der Waals surface area contributed by atoms with E-state index in [1.807, 2.05) is 62.4 Å². The fraction of sp³-hybridized carbons (Fsp3) is 0.261. The van der Waals surface area contributed by atoms with E-state index < -0.39 is 21.9 Å². The Morgan fingerprint density at radius 1 is 1.13 bits per heavy atom. The molecule has 158 valence electrons. The van der Waals surface area contributed by atoms with E-state index in [2.05, 4.69) is 4.98 Å². The van der Waals surface area contributed by atoms with Crippen LogP contribution in [0.15, 0.2) is 60.8 Å². The standard InChI is InChI=1S/C23H26N2O3S2/c1-16-6-9-19(10-7-16)23(29)22-13-21(11-8-17(22)2)25(14-20-5-4-12-24-20)30(27,28)18(3)15-26/h4-13,18,24,26H,14-15H2,1-3H3. The second-order valence-corrected chi connectivity index (χ2v) is 10.1. The summed E-state index contributed by atoms with van der Waals surface area (Å²) in [6.07, 6.45) is 1.75. The SMILES string of the molecule is Cc1ccc(C(=S)c2cc(N(Cc3ccc[nH]3)S(=O)(=O)C(C)CO)ccc2C)cc1. The number of aliphatic hydroxyl groups is 1. The number of aromatic nitrogens is 1. The van der Waals surface area contributed by atoms with Crippen LogP contribution in [0.1, 0.15) is 34.9 Å². The third-order valence-electron chi connectivity index (χ3n) is 5.12. The van der Waals surface area contributed by atoms with Crippen molar-refractivity contribution in [2.75, 3.05) is 10.9 Å². The molecule has 7 heteroatoms. The molecule has 3 aromatic rings. The number of rotatable bonds is 8. The van der Waals surface area contributed by atoms with Gasteiger partial charge in [-0.05, 0) is 61.7 Å². The van der Waals surface area contributed by atoms with Crippen molar-refractivity contribution in [3.63, 3.8) is 0 Å². The van der Waals surface area contributed by atoms with Gasteiger partial charge in [0.1, 0.15) is 5.25 Å². The number of anilines is 1. The lowest BCUT2D eigenvalue weighted by Gasteiger charge is -2.27. The Labute approximate surface area is 183 Å². The summed E-state index contributed by atoms with van der Waals surface area (Å²) < 4.78 is 27.7. The molecular formula is C23H26N2O3S2. The quantitative estimate of drug-likeness (QED) is 0.407. The third-order valence-corrected chi connectivity index (χ3v) is 7.69. The molecule has 0 aliphatic heterocycles. The molecule has 2 N–H and O–H groups in total. The van der Waals surface area contributed by atoms with Crippen LogP contribution in [-0.4, -0.2) is 35.2 Å². The van der Waals surface area contributed by atoms with Gasteiger partial charge in [-0.2, -0.15) is 0 Å². The Balaban J connectivity index is 2.07. The molecule has 0 radical (unpaired) electrons. The summed E-state index contributed by atoms with van der Waals surface area (Å²) in [6.45, 7) is 5.16. The molecule has 0 aliphatic carbocycles. The maximum absolute atomic E-state index is 13.2. The van der Waals surface area contributed by atoms with Crippen molar-refractivity contribution in [3.8, 4) is 0 Å². The number of hydrogen-bond donors (Lipinski definition) is 2. The average molecular weight is 443 g/mol. The number of hydrogen-bond acceptors (Lipinski definition) is 4. The van der Waals surface area contributed by atoms with Gasteiger partial charge < -0.3 is 10.1 Å². The summed E-state index contributed by atoms with van der Waals surface area (Å²) in [5.74, 6) is 0. The van der Waals surface area contributed by atoms with Gasteiger partial charge in [-0.3, -0.25) is 4.31 Å². The van der Waals surface area contributed by atoms with Gasteiger partial charge in [0.05, 0.1) is 23.7 Å². The van der Waals surface area contributed by atoms with Gasteiger partial charge >= 0.3 is 0 Å². The largest absolute Gasteiger partial charge is 0.395 e. The summed E-state index contributed by atoms with van der Waals surface area (Å²) in [4.78, 5) is 3.72. The van der Waals surface area contributed by atoms with E-state index in [0.29, 0.717) is 10.6 Å². The van der Waals surface area contributed by atoms with E-state index in [1.54, 1.807) is 12.3 Å². The van der Waals surface area contributed by atoms with Crippen LogP contribution in [-0.2, 0) is 16.6 Å². The van der Waals surface area contributed by atoms with Crippen LogP contribution in [0.3, 0.4) is 0 Å². The lowest BCUT2D eigenvalue weighted by Crippen LogP contribution is -2.39. The summed E-state index contributed by atoms with van der Waals surface area (Å²) in [7, 11) is -3.79. The van der Waals surface area contributed by atoms with Crippen LogP contribution < -0.4 is 4.31 Å². The van der Waals surface area contributed by atoms with Crippen LogP contribution in [0.4, 0.5) is 5.69 Å². The lowest BCUT2D eigenvalue weighted by atomic mass is 9.99. The molecule has 0 fully saturated rings. The van der Waals surface area contributed by atoms with Crippen molar-refractivity contribution >= 4 is 32.8 Å². The van der Waals surface area contributed by atoms with E-state index in [-0.39, 0.29) is 6.54 Å². The monoisotopic (exact) mass is 442 g/mol. The molecule has 0 saturated heterocycles. The Bertz CT molecular complexity index is 1120. The normalized spacial score (nSPS) is 12.5. The minimum atomic E-state index is -3.79. The van der Waals surface area contributed by atoms with Crippen molar-refractivity contribution in [1.29, 1.82) is 0 Å². The van der Waals surface area contributed by atoms with E-state index in [0.717, 1.165) is 27.9 Å². The molecule has 0 spiro atoms. The maximum Gasteiger partial charge on any atom is 0.240 e. The summed E-state index contributed by atoms with van der Waals surface area (Å²) >= 11 is 5.73. The number of nitrogens with zero attached hydrogens (tertiary/aromatic N) is 1. The molecule has 5 nitrogen and oxygen atoms in total. The summed E-state index contributed by atoms with van der Waals surface area (Å²) in [5.41, 5.74) is 5.12. The molecule has 2 aromatic carbocycles. The van der Waals surface area contributed by atoms with Gasteiger partial charge in [-0.15, -0.1) is 0 Å². The van der Waals surface area contributed by atoms with Gasteiger partial charge in [0.2, 0.25) is 10.0 Å². The van der Waals surface area contributed by atoms with Crippen LogP contribution >= 0.6 is 12.2 Å². The van der Waals surface area contributed by atoms with Crippen LogP contribution in [0.2, 0.25) is 0 Å². The second kappa shape index (κ2) is 9.12. The summed E-state index contributed by atoms with van der Waals surface area (Å²) in [5, 5.41) is 8.59. The van der Waals surface area contributed by atoms with Gasteiger partial charge in [0, 0.05) is 11.9 Å². The van der Waals surface area contributed by atoms with E-state index >= 15 is 0 Å². The van der Waals surface area contributed by atoms with Crippen LogP contribution in [0.25, 0.3) is 0 Å². The topological polar surface area (TPSA) is 73.4 Å². The summed E-state index contributed by atoms with van der Waals surface area (Å²) in [6, 6.07) is 17.1. The first-order chi connectivity index (χ1) is 14.2. The first kappa shape index (κ1) is 22.2. The van der Waals surface area contributed by atoms with Crippen molar-refractivity contribution in [2.45, 2.75) is 32.6 Å². The van der Waals surface area contributed by atoms with Crippen molar-refractivity contribution < 1.29 is 13.5 Å². The first-order valence-corrected chi connectivity index (χ1v) is 11.6. The van der Waals surface area contributed by atoms with E-state index in [1.165, 1.54) is 11.2 Å². The molecule has 1 unspecified atom stereocenters. The predicted molar refractivity (Wildman–Crippen MR) is 126 cm³/mol. The molecule has 0 aliphatic rings. The van der Waals surface area contributed by atoms with E-state index in [9.17, 15) is 13.5 Å². The smallest absolute Gasteiger partial charge is 0.240 e. The Morgan fingerprint density at radius 3 is 2.43 bits per heavy atom. The number of benzene rings is 2. The highest BCUT2D eigenvalue weighted by atomic mass is 32.2. The highest BCUT2D eigenvalue weighted by Crippen LogP contribution is 2.27. The van der Waals surface area contributed by atoms with Crippen molar-refractivity contribution in [3.05, 3.63) is 88.7 Å². The fourth-order valence-electron chi connectivity index (χ4n) is 3.13. The van der Waals surface area contributed by atoms with Gasteiger partial charge in [-0.1, -0.05) is 48.1 Å². The molecule has 1 heterocycles. The van der Waals surface area contributed by atoms with Crippen molar-refractivity contribution in [1.82, 2.24) is 4.98 Å². The molecular weight excluding hydrogens is 416 g/mol. The third kappa shape index (κ3) is 4.64. The number of H-pyrrole nitrogens is 1. The Hall–Kier alpha value is -2.48. The number of nitrogens with one attached hydrogen (secondary N) is 1. The highest BCUT2D eigenvalue weighted by Gasteiger charge is 2.29. The molecule has 1 aromatic heterocycles. The zero-order valence-corrected chi connectivity index (χ0v) is 18.9. The molecule has 3 rings (SSSR count). The Morgan fingerprint density at radius 2 is 1.83 bits per heavy atom. The zero-order chi connectivity index (χ0) is 21.9. The van der Waals surface area contributed by atoms with Crippen LogP contribution in [0, 0.1) is 13.8 Å². The highest BCUT2D eigenvalue weighted by molar-refractivity contribution is 7.93. The number of aryl methyl sites for hydroxylation is 2. The van der Waals surface area contributed by atoms with Crippen LogP contribution in [0.5, 0.6) is 0 Å². The molecule has 0 bridgehead atoms. The number of aliphatic hydroxyl groups excluding tert-OH is 1. The minimum absolute atomic E-state index is 0.138. The first-order valence-electron chi connectivity index (χ1n) is 9.70. The number of aromatic amines is 1. The number of thiocarbonyl (C=S) groups is 1. The number of sulfonamides is 1. The second-order valence-electron chi connectivity index (χ2n) is 7.43. The molecule has 0 saturated carbocycles. The molecule has 0 amide bonds. The van der Waals surface area contributed by atoms with Gasteiger partial charge in [0.25, 0.3) is 0 Å². The van der Waals surface area contributed by atoms with Crippen molar-refractivity contribution in [2.24, 2.45) is 0 Å². The molecule has 1 atom stereocenters. The van der Waals surface area contributed by atoms with Gasteiger partial charge in [-0.25, -0.2) is 8.42 Å².